The first-order valence-corrected chi connectivity index (χ1v) is 6.18. The van der Waals surface area contributed by atoms with Crippen LogP contribution in [0.5, 0.6) is 0 Å². The minimum atomic E-state index is -0.983. The van der Waals surface area contributed by atoms with Gasteiger partial charge in [-0.1, -0.05) is 5.11 Å². The number of carboxylic acid groups (broad SMARTS) is 1. The highest BCUT2D eigenvalue weighted by atomic mass is 16.4. The lowest BCUT2D eigenvalue weighted by molar-refractivity contribution is -0.117. The number of benzene rings is 1. The van der Waals surface area contributed by atoms with Gasteiger partial charge in [-0.25, -0.2) is 4.79 Å². The van der Waals surface area contributed by atoms with Gasteiger partial charge in [0.05, 0.1) is 5.56 Å². The van der Waals surface area contributed by atoms with E-state index in [1.54, 1.807) is 24.0 Å². The van der Waals surface area contributed by atoms with E-state index < -0.39 is 5.97 Å². The van der Waals surface area contributed by atoms with Crippen molar-refractivity contribution >= 4 is 17.6 Å². The monoisotopic (exact) mass is 274 g/mol. The first kappa shape index (κ1) is 13.9. The van der Waals surface area contributed by atoms with Crippen molar-refractivity contribution in [3.05, 3.63) is 39.8 Å². The predicted octanol–water partition coefficient (Wildman–Crippen LogP) is 2.36. The number of carbonyl (C=O) groups is 2. The summed E-state index contributed by atoms with van der Waals surface area (Å²) in [6.07, 6.45) is 0.346. The summed E-state index contributed by atoms with van der Waals surface area (Å²) in [6, 6.07) is 4.82. The van der Waals surface area contributed by atoms with Gasteiger partial charge in [-0.2, -0.15) is 0 Å². The van der Waals surface area contributed by atoms with Gasteiger partial charge < -0.3 is 10.0 Å². The summed E-state index contributed by atoms with van der Waals surface area (Å²) in [5, 5.41) is 12.5. The molecular weight excluding hydrogens is 260 g/mol. The average Bonchev–Trinajstić information content (AvgIpc) is 2.77. The second kappa shape index (κ2) is 5.63. The highest BCUT2D eigenvalue weighted by Crippen LogP contribution is 2.27. The molecule has 1 aliphatic heterocycles. The fraction of sp³-hybridized carbons (Fsp3) is 0.385. The number of amides is 1. The SMILES string of the molecule is Cc1cc(N2CC(CN=[N+]=[N-])CC2=O)ccc1C(=O)O. The van der Waals surface area contributed by atoms with E-state index >= 15 is 0 Å². The molecule has 0 bridgehead atoms. The van der Waals surface area contributed by atoms with Crippen LogP contribution in [-0.4, -0.2) is 30.1 Å². The van der Waals surface area contributed by atoms with Gasteiger partial charge in [0.15, 0.2) is 0 Å². The number of azide groups is 1. The van der Waals surface area contributed by atoms with Crippen molar-refractivity contribution in [3.63, 3.8) is 0 Å². The number of rotatable bonds is 4. The van der Waals surface area contributed by atoms with Gasteiger partial charge in [-0.3, -0.25) is 4.79 Å². The van der Waals surface area contributed by atoms with E-state index in [2.05, 4.69) is 10.0 Å². The summed E-state index contributed by atoms with van der Waals surface area (Å²) >= 11 is 0. The smallest absolute Gasteiger partial charge is 0.335 e. The number of aromatic carboxylic acids is 1. The molecular formula is C13H14N4O3. The second-order valence-corrected chi connectivity index (χ2v) is 4.79. The Bertz CT molecular complexity index is 608. The maximum Gasteiger partial charge on any atom is 0.335 e. The molecule has 2 rings (SSSR count). The molecule has 7 nitrogen and oxygen atoms in total. The van der Waals surface area contributed by atoms with Crippen LogP contribution in [0.3, 0.4) is 0 Å². The molecule has 7 heteroatoms. The molecule has 1 N–H and O–H groups in total. The second-order valence-electron chi connectivity index (χ2n) is 4.79. The van der Waals surface area contributed by atoms with Crippen molar-refractivity contribution in [1.82, 2.24) is 0 Å². The molecule has 20 heavy (non-hydrogen) atoms. The molecule has 1 atom stereocenters. The predicted molar refractivity (Wildman–Crippen MR) is 72.6 cm³/mol. The number of nitrogens with zero attached hydrogens (tertiary/aromatic N) is 4. The van der Waals surface area contributed by atoms with Crippen LogP contribution in [0.1, 0.15) is 22.3 Å². The van der Waals surface area contributed by atoms with Crippen molar-refractivity contribution in [3.8, 4) is 0 Å². The van der Waals surface area contributed by atoms with Crippen molar-refractivity contribution < 1.29 is 14.7 Å². The molecule has 1 fully saturated rings. The third-order valence-corrected chi connectivity index (χ3v) is 3.36. The maximum absolute atomic E-state index is 12.0. The van der Waals surface area contributed by atoms with E-state index in [1.165, 1.54) is 6.07 Å². The average molecular weight is 274 g/mol. The Kier molecular flexibility index (Phi) is 3.91. The third-order valence-electron chi connectivity index (χ3n) is 3.36. The molecule has 1 unspecified atom stereocenters. The van der Waals surface area contributed by atoms with Gasteiger partial charge in [0, 0.05) is 30.1 Å². The zero-order valence-electron chi connectivity index (χ0n) is 11.0. The number of carbonyl (C=O) groups excluding carboxylic acids is 1. The van der Waals surface area contributed by atoms with E-state index in [4.69, 9.17) is 10.6 Å². The van der Waals surface area contributed by atoms with Crippen molar-refractivity contribution in [2.24, 2.45) is 11.0 Å². The number of anilines is 1. The molecule has 1 aliphatic rings. The van der Waals surface area contributed by atoms with Gasteiger partial charge in [0.1, 0.15) is 0 Å². The van der Waals surface area contributed by atoms with Gasteiger partial charge in [-0.05, 0) is 42.1 Å². The van der Waals surface area contributed by atoms with Crippen LogP contribution in [0, 0.1) is 12.8 Å². The Hall–Kier alpha value is -2.53. The quantitative estimate of drug-likeness (QED) is 0.517. The molecule has 1 heterocycles. The Morgan fingerprint density at radius 2 is 2.35 bits per heavy atom. The summed E-state index contributed by atoms with van der Waals surface area (Å²) < 4.78 is 0. The van der Waals surface area contributed by atoms with E-state index in [1.807, 2.05) is 0 Å². The topological polar surface area (TPSA) is 106 Å². The highest BCUT2D eigenvalue weighted by Gasteiger charge is 2.30. The van der Waals surface area contributed by atoms with E-state index in [0.717, 1.165) is 0 Å². The van der Waals surface area contributed by atoms with Crippen LogP contribution in [0.4, 0.5) is 5.69 Å². The van der Waals surface area contributed by atoms with Gasteiger partial charge in [0.2, 0.25) is 5.91 Å². The summed E-state index contributed by atoms with van der Waals surface area (Å²) in [5.41, 5.74) is 9.82. The molecule has 1 amide bonds. The van der Waals surface area contributed by atoms with Gasteiger partial charge >= 0.3 is 5.97 Å². The van der Waals surface area contributed by atoms with Crippen LogP contribution in [0.2, 0.25) is 0 Å². The van der Waals surface area contributed by atoms with E-state index in [-0.39, 0.29) is 17.4 Å². The van der Waals surface area contributed by atoms with E-state index in [0.29, 0.717) is 30.8 Å². The number of hydrogen-bond donors (Lipinski definition) is 1. The third kappa shape index (κ3) is 2.73. The lowest BCUT2D eigenvalue weighted by Crippen LogP contribution is -2.25. The minimum absolute atomic E-state index is 0.0119. The molecule has 1 aromatic rings. The molecule has 104 valence electrons. The molecule has 0 aromatic heterocycles. The van der Waals surface area contributed by atoms with Crippen molar-refractivity contribution in [1.29, 1.82) is 0 Å². The number of aryl methyl sites for hydroxylation is 1. The van der Waals surface area contributed by atoms with Crippen LogP contribution >= 0.6 is 0 Å². The normalized spacial score (nSPS) is 17.9. The van der Waals surface area contributed by atoms with Crippen LogP contribution in [0.25, 0.3) is 10.4 Å². The summed E-state index contributed by atoms with van der Waals surface area (Å²) in [7, 11) is 0. The maximum atomic E-state index is 12.0. The Labute approximate surface area is 115 Å². The summed E-state index contributed by atoms with van der Waals surface area (Å²) in [6.45, 7) is 2.49. The summed E-state index contributed by atoms with van der Waals surface area (Å²) in [5.74, 6) is -1.01. The lowest BCUT2D eigenvalue weighted by Gasteiger charge is -2.17. The fourth-order valence-corrected chi connectivity index (χ4v) is 2.36. The zero-order chi connectivity index (χ0) is 14.7. The summed E-state index contributed by atoms with van der Waals surface area (Å²) in [4.78, 5) is 27.2. The van der Waals surface area contributed by atoms with Crippen molar-refractivity contribution in [2.45, 2.75) is 13.3 Å². The fourth-order valence-electron chi connectivity index (χ4n) is 2.36. The van der Waals surface area contributed by atoms with Gasteiger partial charge in [-0.15, -0.1) is 0 Å². The molecule has 0 radical (unpaired) electrons. The van der Waals surface area contributed by atoms with Crippen molar-refractivity contribution in [2.75, 3.05) is 18.0 Å². The molecule has 1 saturated heterocycles. The molecule has 0 spiro atoms. The standard InChI is InChI=1S/C13H14N4O3/c1-8-4-10(2-3-11(8)13(19)20)17-7-9(5-12(17)18)6-15-16-14/h2-4,9H,5-7H2,1H3,(H,19,20). The number of carboxylic acids is 1. The first-order valence-electron chi connectivity index (χ1n) is 6.18. The largest absolute Gasteiger partial charge is 0.478 e. The van der Waals surface area contributed by atoms with Crippen LogP contribution < -0.4 is 4.90 Å². The number of hydrogen-bond acceptors (Lipinski definition) is 3. The van der Waals surface area contributed by atoms with Crippen LogP contribution in [-0.2, 0) is 4.79 Å². The lowest BCUT2D eigenvalue weighted by atomic mass is 10.1. The molecule has 0 saturated carbocycles. The first-order chi connectivity index (χ1) is 9.52. The minimum Gasteiger partial charge on any atom is -0.478 e. The Morgan fingerprint density at radius 1 is 1.60 bits per heavy atom. The Balaban J connectivity index is 2.20. The Morgan fingerprint density at radius 3 is 2.95 bits per heavy atom. The van der Waals surface area contributed by atoms with Gasteiger partial charge in [0.25, 0.3) is 0 Å². The zero-order valence-corrected chi connectivity index (χ0v) is 11.0. The molecule has 0 aliphatic carbocycles. The van der Waals surface area contributed by atoms with Crippen LogP contribution in [0.15, 0.2) is 23.3 Å². The van der Waals surface area contributed by atoms with E-state index in [9.17, 15) is 9.59 Å². The molecule has 1 aromatic carbocycles. The highest BCUT2D eigenvalue weighted by molar-refractivity contribution is 5.97.